The van der Waals surface area contributed by atoms with Crippen molar-refractivity contribution in [1.82, 2.24) is 14.7 Å². The van der Waals surface area contributed by atoms with Crippen LogP contribution in [0.1, 0.15) is 74.6 Å². The molecule has 0 aromatic heterocycles. The molecule has 3 aromatic rings. The van der Waals surface area contributed by atoms with E-state index >= 15 is 0 Å². The molecule has 3 aromatic carbocycles. The Morgan fingerprint density at radius 3 is 2.14 bits per heavy atom. The molecule has 0 unspecified atom stereocenters. The smallest absolute Gasteiger partial charge is 0.410 e. The van der Waals surface area contributed by atoms with Gasteiger partial charge in [0.15, 0.2) is 5.75 Å². The van der Waals surface area contributed by atoms with Crippen LogP contribution in [0.5, 0.6) is 17.2 Å². The Labute approximate surface area is 343 Å². The zero-order chi connectivity index (χ0) is 40.4. The maximum absolute atomic E-state index is 14.9. The molecule has 1 aliphatic carbocycles. The summed E-state index contributed by atoms with van der Waals surface area (Å²) in [5.41, 5.74) is 3.53. The molecular weight excluding hydrogens is 753 g/mol. The predicted molar refractivity (Wildman–Crippen MR) is 222 cm³/mol. The van der Waals surface area contributed by atoms with Crippen LogP contribution < -0.4 is 14.2 Å². The summed E-state index contributed by atoms with van der Waals surface area (Å²) in [7, 11) is 5.77. The van der Waals surface area contributed by atoms with Crippen LogP contribution in [0.2, 0.25) is 10.0 Å². The Morgan fingerprint density at radius 1 is 0.839 bits per heavy atom. The van der Waals surface area contributed by atoms with Crippen molar-refractivity contribution in [2.24, 2.45) is 5.92 Å². The molecule has 12 heteroatoms. The first kappa shape index (κ1) is 43.4. The fraction of sp³-hybridized carbons (Fsp3) is 0.545. The molecule has 1 heterocycles. The molecule has 1 aliphatic heterocycles. The van der Waals surface area contributed by atoms with Crippen molar-refractivity contribution in [3.8, 4) is 17.2 Å². The predicted octanol–water partition coefficient (Wildman–Crippen LogP) is 8.81. The number of piperidine rings is 1. The standard InChI is InChI=1S/C44H59Cl2N3O7/c1-30-23-39(45)41(40(46)24-30)55-22-21-54-35-14-10-33(11-15-35)37-16-17-48(43(51)56-44(2,3)4)29-38(37)42(50)49(34-12-13-34)28-32-25-31(9-8-19-52-7)26-36(27-32)53-20-18-47(5)6/h10-11,14-15,23-27,34,37-38H,8-9,12-13,16-22,28-29H2,1-7H3/t37-,38+/m1/s1. The average Bonchev–Trinajstić information content (AvgIpc) is 3.98. The number of hydrogen-bond acceptors (Lipinski definition) is 8. The van der Waals surface area contributed by atoms with Crippen LogP contribution in [0.25, 0.3) is 0 Å². The van der Waals surface area contributed by atoms with Gasteiger partial charge < -0.3 is 38.4 Å². The Kier molecular flexibility index (Phi) is 15.6. The molecule has 10 nitrogen and oxygen atoms in total. The van der Waals surface area contributed by atoms with Crippen LogP contribution in [0.3, 0.4) is 0 Å². The lowest BCUT2D eigenvalue weighted by atomic mass is 9.79. The summed E-state index contributed by atoms with van der Waals surface area (Å²) >= 11 is 12.7. The molecule has 0 bridgehead atoms. The van der Waals surface area contributed by atoms with Crippen LogP contribution in [-0.4, -0.2) is 106 Å². The second kappa shape index (κ2) is 20.1. The maximum atomic E-state index is 14.9. The SMILES string of the molecule is COCCCc1cc(CN(C(=O)[C@H]2CN(C(=O)OC(C)(C)C)CC[C@@H]2c2ccc(OCCOc3c(Cl)cc(C)cc3Cl)cc2)C2CC2)cc(OCCN(C)C)c1. The first-order valence-corrected chi connectivity index (χ1v) is 20.4. The number of carbonyl (C=O) groups is 2. The Morgan fingerprint density at radius 2 is 1.50 bits per heavy atom. The first-order chi connectivity index (χ1) is 26.7. The number of nitrogens with zero attached hydrogens (tertiary/aromatic N) is 3. The Hall–Kier alpha value is -3.70. The number of amides is 2. The normalized spacial score (nSPS) is 17.1. The van der Waals surface area contributed by atoms with Crippen molar-refractivity contribution in [3.05, 3.63) is 86.9 Å². The Bertz CT molecular complexity index is 1740. The molecular formula is C44H59Cl2N3O7. The number of methoxy groups -OCH3 is 1. The number of likely N-dealkylation sites (tertiary alicyclic amines) is 1. The number of halogens is 2. The summed E-state index contributed by atoms with van der Waals surface area (Å²) in [6.45, 7) is 11.3. The fourth-order valence-corrected chi connectivity index (χ4v) is 7.73. The minimum atomic E-state index is -0.645. The molecule has 2 atom stereocenters. The summed E-state index contributed by atoms with van der Waals surface area (Å²) in [4.78, 5) is 34.1. The third kappa shape index (κ3) is 12.9. The second-order valence-corrected chi connectivity index (χ2v) is 17.0. The quantitative estimate of drug-likeness (QED) is 0.118. The lowest BCUT2D eigenvalue weighted by molar-refractivity contribution is -0.139. The van der Waals surface area contributed by atoms with Crippen molar-refractivity contribution in [1.29, 1.82) is 0 Å². The highest BCUT2D eigenvalue weighted by Gasteiger charge is 2.43. The molecule has 0 radical (unpaired) electrons. The topological polar surface area (TPSA) is 90.0 Å². The van der Waals surface area contributed by atoms with Gasteiger partial charge >= 0.3 is 6.09 Å². The molecule has 5 rings (SSSR count). The lowest BCUT2D eigenvalue weighted by Crippen LogP contribution is -2.51. The third-order valence-corrected chi connectivity index (χ3v) is 10.5. The second-order valence-electron chi connectivity index (χ2n) is 16.2. The lowest BCUT2D eigenvalue weighted by Gasteiger charge is -2.40. The van der Waals surface area contributed by atoms with Gasteiger partial charge in [0.2, 0.25) is 5.91 Å². The highest BCUT2D eigenvalue weighted by molar-refractivity contribution is 6.37. The molecule has 1 saturated carbocycles. The van der Waals surface area contributed by atoms with Crippen LogP contribution in [0, 0.1) is 12.8 Å². The first-order valence-electron chi connectivity index (χ1n) is 19.7. The summed E-state index contributed by atoms with van der Waals surface area (Å²) in [6, 6.07) is 18.0. The van der Waals surface area contributed by atoms with Crippen LogP contribution >= 0.6 is 23.2 Å². The zero-order valence-electron chi connectivity index (χ0n) is 34.1. The van der Waals surface area contributed by atoms with E-state index in [4.69, 9.17) is 46.9 Å². The van der Waals surface area contributed by atoms with Gasteiger partial charge in [0, 0.05) is 45.9 Å². The van der Waals surface area contributed by atoms with Crippen LogP contribution in [-0.2, 0) is 27.2 Å². The number of hydrogen-bond donors (Lipinski definition) is 0. The molecule has 2 fully saturated rings. The summed E-state index contributed by atoms with van der Waals surface area (Å²) < 4.78 is 29.1. The van der Waals surface area contributed by atoms with Gasteiger partial charge in [0.05, 0.1) is 16.0 Å². The van der Waals surface area contributed by atoms with E-state index in [1.54, 1.807) is 12.0 Å². The van der Waals surface area contributed by atoms with Crippen molar-refractivity contribution < 1.29 is 33.3 Å². The van der Waals surface area contributed by atoms with E-state index in [2.05, 4.69) is 23.1 Å². The highest BCUT2D eigenvalue weighted by atomic mass is 35.5. The van der Waals surface area contributed by atoms with Gasteiger partial charge in [0.1, 0.15) is 36.9 Å². The fourth-order valence-electron chi connectivity index (χ4n) is 7.03. The van der Waals surface area contributed by atoms with E-state index in [0.29, 0.717) is 60.9 Å². The van der Waals surface area contributed by atoms with Crippen LogP contribution in [0.15, 0.2) is 54.6 Å². The molecule has 306 valence electrons. The molecule has 2 aliphatic rings. The minimum absolute atomic E-state index is 0.0523. The van der Waals surface area contributed by atoms with E-state index in [-0.39, 0.29) is 31.0 Å². The maximum Gasteiger partial charge on any atom is 0.410 e. The van der Waals surface area contributed by atoms with Gasteiger partial charge in [0.25, 0.3) is 0 Å². The van der Waals surface area contributed by atoms with E-state index < -0.39 is 17.6 Å². The average molecular weight is 813 g/mol. The Balaban J connectivity index is 1.33. The summed E-state index contributed by atoms with van der Waals surface area (Å²) in [6.07, 6.45) is 3.88. The largest absolute Gasteiger partial charge is 0.492 e. The van der Waals surface area contributed by atoms with Crippen molar-refractivity contribution in [2.75, 3.05) is 67.3 Å². The third-order valence-electron chi connectivity index (χ3n) is 9.90. The number of rotatable bonds is 18. The van der Waals surface area contributed by atoms with E-state index in [1.165, 1.54) is 0 Å². The molecule has 1 saturated heterocycles. The van der Waals surface area contributed by atoms with Crippen molar-refractivity contribution in [2.45, 2.75) is 83.9 Å². The number of benzene rings is 3. The molecule has 0 spiro atoms. The number of aryl methyl sites for hydroxylation is 2. The monoisotopic (exact) mass is 811 g/mol. The number of carbonyl (C=O) groups excluding carboxylic acids is 2. The van der Waals surface area contributed by atoms with Crippen LogP contribution in [0.4, 0.5) is 4.79 Å². The van der Waals surface area contributed by atoms with Crippen molar-refractivity contribution in [3.63, 3.8) is 0 Å². The summed E-state index contributed by atoms with van der Waals surface area (Å²) in [5, 5.41) is 0.921. The van der Waals surface area contributed by atoms with E-state index in [9.17, 15) is 9.59 Å². The number of ether oxygens (including phenoxy) is 5. The van der Waals surface area contributed by atoms with Gasteiger partial charge in [-0.25, -0.2) is 4.79 Å². The van der Waals surface area contributed by atoms with E-state index in [1.807, 2.05) is 83.1 Å². The van der Waals surface area contributed by atoms with E-state index in [0.717, 1.165) is 60.2 Å². The molecule has 0 N–H and O–H groups in total. The number of likely N-dealkylation sites (N-methyl/N-ethyl adjacent to an activating group) is 1. The highest BCUT2D eigenvalue weighted by Crippen LogP contribution is 2.39. The molecule has 2 amide bonds. The van der Waals surface area contributed by atoms with Gasteiger partial charge in [-0.3, -0.25) is 4.79 Å². The zero-order valence-corrected chi connectivity index (χ0v) is 35.6. The van der Waals surface area contributed by atoms with Gasteiger partial charge in [-0.05, 0) is 138 Å². The van der Waals surface area contributed by atoms with Gasteiger partial charge in [-0.15, -0.1) is 0 Å². The summed E-state index contributed by atoms with van der Waals surface area (Å²) in [5.74, 6) is 1.42. The van der Waals surface area contributed by atoms with Gasteiger partial charge in [-0.2, -0.15) is 0 Å². The minimum Gasteiger partial charge on any atom is -0.492 e. The van der Waals surface area contributed by atoms with Crippen molar-refractivity contribution >= 4 is 35.2 Å². The molecule has 56 heavy (non-hydrogen) atoms. The van der Waals surface area contributed by atoms with Gasteiger partial charge in [-0.1, -0.05) is 41.4 Å².